The van der Waals surface area contributed by atoms with Crippen LogP contribution < -0.4 is 5.46 Å². The van der Waals surface area contributed by atoms with Crippen molar-refractivity contribution in [1.82, 2.24) is 4.90 Å². The van der Waals surface area contributed by atoms with Gasteiger partial charge in [0.15, 0.2) is 0 Å². The molecule has 0 spiro atoms. The van der Waals surface area contributed by atoms with Gasteiger partial charge in [-0.1, -0.05) is 54.5 Å². The number of hydrogen-bond acceptors (Lipinski definition) is 2. The molecule has 0 fully saturated rings. The van der Waals surface area contributed by atoms with Gasteiger partial charge in [-0.25, -0.2) is 4.99 Å². The summed E-state index contributed by atoms with van der Waals surface area (Å²) < 4.78 is 0. The summed E-state index contributed by atoms with van der Waals surface area (Å²) >= 11 is 0. The van der Waals surface area contributed by atoms with Crippen LogP contribution >= 0.6 is 0 Å². The lowest BCUT2D eigenvalue weighted by molar-refractivity contribution is 0.590. The lowest BCUT2D eigenvalue weighted by Crippen LogP contribution is -2.23. The van der Waals surface area contributed by atoms with Crippen LogP contribution in [-0.2, 0) is 6.54 Å². The summed E-state index contributed by atoms with van der Waals surface area (Å²) in [5.41, 5.74) is 5.96. The van der Waals surface area contributed by atoms with E-state index in [1.165, 1.54) is 5.56 Å². The highest BCUT2D eigenvalue weighted by molar-refractivity contribution is 6.34. The number of benzene rings is 2. The second-order valence-electron chi connectivity index (χ2n) is 4.98. The van der Waals surface area contributed by atoms with Crippen molar-refractivity contribution in [2.75, 3.05) is 0 Å². The third kappa shape index (κ3) is 2.16. The predicted molar refractivity (Wildman–Crippen MR) is 85.7 cm³/mol. The zero-order chi connectivity index (χ0) is 14.1. The van der Waals surface area contributed by atoms with Gasteiger partial charge in [-0.3, -0.25) is 0 Å². The number of aliphatic imine (C=N–C) groups is 1. The van der Waals surface area contributed by atoms with Crippen LogP contribution in [0, 0.1) is 6.92 Å². The van der Waals surface area contributed by atoms with Crippen molar-refractivity contribution in [3.05, 3.63) is 65.7 Å². The Kier molecular flexibility index (Phi) is 3.19. The standard InChI is InChI=1S/C17H15BN2/c1-12-16(18)9-8-15-13(2)20(11-19-17(12)15)10-14-6-4-3-5-7-14/h3-9,11H,2,10H2,1H3. The Labute approximate surface area is 120 Å². The van der Waals surface area contributed by atoms with E-state index in [-0.39, 0.29) is 0 Å². The topological polar surface area (TPSA) is 15.6 Å². The van der Waals surface area contributed by atoms with Crippen molar-refractivity contribution in [1.29, 1.82) is 0 Å². The molecule has 0 saturated heterocycles. The summed E-state index contributed by atoms with van der Waals surface area (Å²) in [6, 6.07) is 14.2. The summed E-state index contributed by atoms with van der Waals surface area (Å²) in [4.78, 5) is 6.60. The molecule has 96 valence electrons. The highest BCUT2D eigenvalue weighted by atomic mass is 15.2. The van der Waals surface area contributed by atoms with E-state index in [9.17, 15) is 0 Å². The third-order valence-electron chi connectivity index (χ3n) is 3.65. The SMILES string of the molecule is [B]c1ccc2c(c1C)N=CN(Cc1ccccc1)C2=C. The summed E-state index contributed by atoms with van der Waals surface area (Å²) in [6.45, 7) is 6.96. The maximum Gasteiger partial charge on any atom is 0.114 e. The van der Waals surface area contributed by atoms with E-state index in [1.54, 1.807) is 0 Å². The van der Waals surface area contributed by atoms with Gasteiger partial charge >= 0.3 is 0 Å². The van der Waals surface area contributed by atoms with Gasteiger partial charge in [0.05, 0.1) is 12.0 Å². The first kappa shape index (κ1) is 12.7. The van der Waals surface area contributed by atoms with Crippen LogP contribution in [0.25, 0.3) is 5.70 Å². The molecule has 1 aliphatic heterocycles. The summed E-state index contributed by atoms with van der Waals surface area (Å²) in [6.07, 6.45) is 1.84. The zero-order valence-electron chi connectivity index (χ0n) is 11.5. The van der Waals surface area contributed by atoms with Crippen molar-refractivity contribution in [2.45, 2.75) is 13.5 Å². The van der Waals surface area contributed by atoms with Crippen LogP contribution in [0.2, 0.25) is 0 Å². The number of hydrogen-bond donors (Lipinski definition) is 0. The average molecular weight is 258 g/mol. The minimum Gasteiger partial charge on any atom is -0.328 e. The largest absolute Gasteiger partial charge is 0.328 e. The van der Waals surface area contributed by atoms with E-state index >= 15 is 0 Å². The molecule has 0 saturated carbocycles. The van der Waals surface area contributed by atoms with E-state index in [0.29, 0.717) is 0 Å². The predicted octanol–water partition coefficient (Wildman–Crippen LogP) is 2.94. The normalized spacial score (nSPS) is 13.4. The van der Waals surface area contributed by atoms with Crippen LogP contribution in [0.15, 0.2) is 54.0 Å². The number of fused-ring (bicyclic) bond motifs is 1. The Morgan fingerprint density at radius 2 is 1.90 bits per heavy atom. The molecular weight excluding hydrogens is 243 g/mol. The average Bonchev–Trinajstić information content (AvgIpc) is 2.47. The van der Waals surface area contributed by atoms with Crippen molar-refractivity contribution in [3.8, 4) is 0 Å². The molecular formula is C17H15BN2. The lowest BCUT2D eigenvalue weighted by Gasteiger charge is -2.28. The number of rotatable bonds is 2. The van der Waals surface area contributed by atoms with E-state index < -0.39 is 0 Å². The Hall–Kier alpha value is -2.29. The van der Waals surface area contributed by atoms with Gasteiger partial charge in [-0.05, 0) is 18.1 Å². The Morgan fingerprint density at radius 3 is 2.65 bits per heavy atom. The van der Waals surface area contributed by atoms with Gasteiger partial charge in [0.25, 0.3) is 0 Å². The lowest BCUT2D eigenvalue weighted by atomic mass is 9.87. The Bertz CT molecular complexity index is 690. The van der Waals surface area contributed by atoms with Crippen LogP contribution in [-0.4, -0.2) is 19.1 Å². The Balaban J connectivity index is 1.93. The van der Waals surface area contributed by atoms with Crippen molar-refractivity contribution in [2.24, 2.45) is 4.99 Å². The molecule has 2 aromatic carbocycles. The molecule has 2 radical (unpaired) electrons. The third-order valence-corrected chi connectivity index (χ3v) is 3.65. The smallest absolute Gasteiger partial charge is 0.114 e. The molecule has 1 heterocycles. The van der Waals surface area contributed by atoms with Gasteiger partial charge in [0.1, 0.15) is 7.85 Å². The van der Waals surface area contributed by atoms with Crippen molar-refractivity contribution < 1.29 is 0 Å². The molecule has 0 atom stereocenters. The zero-order valence-corrected chi connectivity index (χ0v) is 11.5. The van der Waals surface area contributed by atoms with Gasteiger partial charge < -0.3 is 4.90 Å². The molecule has 0 bridgehead atoms. The monoisotopic (exact) mass is 258 g/mol. The summed E-state index contributed by atoms with van der Waals surface area (Å²) in [5, 5.41) is 0. The molecule has 0 aliphatic carbocycles. The summed E-state index contributed by atoms with van der Waals surface area (Å²) in [7, 11) is 5.93. The first-order valence-corrected chi connectivity index (χ1v) is 6.60. The van der Waals surface area contributed by atoms with Crippen LogP contribution in [0.3, 0.4) is 0 Å². The molecule has 3 heteroatoms. The molecule has 20 heavy (non-hydrogen) atoms. The fraction of sp³-hybridized carbons (Fsp3) is 0.118. The van der Waals surface area contributed by atoms with Crippen molar-refractivity contribution in [3.63, 3.8) is 0 Å². The molecule has 2 nitrogen and oxygen atoms in total. The molecule has 0 unspecified atom stereocenters. The maximum absolute atomic E-state index is 5.93. The van der Waals surface area contributed by atoms with Crippen molar-refractivity contribution >= 4 is 31.0 Å². The second-order valence-corrected chi connectivity index (χ2v) is 4.98. The maximum atomic E-state index is 5.93. The quantitative estimate of drug-likeness (QED) is 0.756. The van der Waals surface area contributed by atoms with Crippen LogP contribution in [0.5, 0.6) is 0 Å². The fourth-order valence-electron chi connectivity index (χ4n) is 2.38. The first-order chi connectivity index (χ1) is 9.66. The van der Waals surface area contributed by atoms with Crippen LogP contribution in [0.4, 0.5) is 5.69 Å². The van der Waals surface area contributed by atoms with Crippen LogP contribution in [0.1, 0.15) is 16.7 Å². The van der Waals surface area contributed by atoms with Gasteiger partial charge in [-0.15, -0.1) is 0 Å². The second kappa shape index (κ2) is 5.01. The van der Waals surface area contributed by atoms with E-state index in [4.69, 9.17) is 7.85 Å². The van der Waals surface area contributed by atoms with Gasteiger partial charge in [0, 0.05) is 17.8 Å². The Morgan fingerprint density at radius 1 is 1.15 bits per heavy atom. The van der Waals surface area contributed by atoms with Gasteiger partial charge in [-0.2, -0.15) is 0 Å². The molecule has 0 N–H and O–H groups in total. The minimum absolute atomic E-state index is 0.769. The fourth-order valence-corrected chi connectivity index (χ4v) is 2.38. The van der Waals surface area contributed by atoms with E-state index in [2.05, 4.69) is 28.6 Å². The van der Waals surface area contributed by atoms with E-state index in [0.717, 1.165) is 34.5 Å². The highest BCUT2D eigenvalue weighted by Gasteiger charge is 2.18. The molecule has 0 amide bonds. The summed E-state index contributed by atoms with van der Waals surface area (Å²) in [5.74, 6) is 0. The minimum atomic E-state index is 0.769. The first-order valence-electron chi connectivity index (χ1n) is 6.60. The molecule has 1 aliphatic rings. The highest BCUT2D eigenvalue weighted by Crippen LogP contribution is 2.33. The molecule has 3 rings (SSSR count). The van der Waals surface area contributed by atoms with E-state index in [1.807, 2.05) is 43.6 Å². The van der Waals surface area contributed by atoms with Gasteiger partial charge in [0.2, 0.25) is 0 Å². The number of nitrogens with zero attached hydrogens (tertiary/aromatic N) is 2. The molecule has 0 aromatic heterocycles. The molecule has 2 aromatic rings.